The topological polar surface area (TPSA) is 77.7 Å². The molecule has 2 rings (SSSR count). The summed E-state index contributed by atoms with van der Waals surface area (Å²) >= 11 is 13.1. The van der Waals surface area contributed by atoms with Crippen LogP contribution in [0.5, 0.6) is 0 Å². The van der Waals surface area contributed by atoms with Crippen LogP contribution in [0, 0.1) is 0 Å². The summed E-state index contributed by atoms with van der Waals surface area (Å²) in [5.41, 5.74) is 0. The van der Waals surface area contributed by atoms with E-state index in [4.69, 9.17) is 23.2 Å². The largest absolute Gasteiger partial charge is 0.224 e. The molecule has 2 aromatic rings. The minimum Gasteiger partial charge on any atom is -0.224 e. The maximum absolute atomic E-state index is 12.3. The molecule has 0 radical (unpaired) electrons. The molecule has 0 aliphatic carbocycles. The predicted molar refractivity (Wildman–Crippen MR) is 87.4 cm³/mol. The van der Waals surface area contributed by atoms with Crippen molar-refractivity contribution in [3.8, 4) is 0 Å². The Balaban J connectivity index is 2.07. The predicted octanol–water partition coefficient (Wildman–Crippen LogP) is 3.13. The van der Waals surface area contributed by atoms with Crippen molar-refractivity contribution in [1.29, 1.82) is 0 Å². The van der Waals surface area contributed by atoms with Gasteiger partial charge in [-0.05, 0) is 42.5 Å². The van der Waals surface area contributed by atoms with Crippen molar-refractivity contribution < 1.29 is 8.42 Å². The fraction of sp³-hybridized carbons (Fsp3) is 0.417. The van der Waals surface area contributed by atoms with Gasteiger partial charge in [-0.1, -0.05) is 35.0 Å². The zero-order valence-electron chi connectivity index (χ0n) is 11.9. The molecule has 0 aliphatic heterocycles. The van der Waals surface area contributed by atoms with Gasteiger partial charge in [0.1, 0.15) is 0 Å². The molecule has 1 heterocycles. The van der Waals surface area contributed by atoms with Crippen LogP contribution < -0.4 is 0 Å². The molecule has 10 heteroatoms. The molecule has 0 spiro atoms. The van der Waals surface area contributed by atoms with Gasteiger partial charge in [-0.3, -0.25) is 0 Å². The summed E-state index contributed by atoms with van der Waals surface area (Å²) in [7, 11) is -3.51. The van der Waals surface area contributed by atoms with Gasteiger partial charge in [-0.25, -0.2) is 13.1 Å². The highest BCUT2D eigenvalue weighted by atomic mass is 35.5. The Labute approximate surface area is 143 Å². The van der Waals surface area contributed by atoms with Gasteiger partial charge in [0.2, 0.25) is 5.16 Å². The van der Waals surface area contributed by atoms with E-state index in [0.717, 1.165) is 0 Å². The monoisotopic (exact) mass is 380 g/mol. The van der Waals surface area contributed by atoms with Crippen LogP contribution in [-0.2, 0) is 9.84 Å². The fourth-order valence-electron chi connectivity index (χ4n) is 1.67. The highest BCUT2D eigenvalue weighted by molar-refractivity contribution is 8.00. The number of hydrogen-bond donors (Lipinski definition) is 0. The second-order valence-electron chi connectivity index (χ2n) is 4.74. The van der Waals surface area contributed by atoms with Crippen LogP contribution in [0.4, 0.5) is 0 Å². The van der Waals surface area contributed by atoms with Crippen molar-refractivity contribution >= 4 is 44.8 Å². The summed E-state index contributed by atoms with van der Waals surface area (Å²) in [5.74, 6) is 0.237. The van der Waals surface area contributed by atoms with Crippen molar-refractivity contribution in [3.63, 3.8) is 0 Å². The maximum Gasteiger partial charge on any atom is 0.209 e. The Morgan fingerprint density at radius 1 is 1.32 bits per heavy atom. The van der Waals surface area contributed by atoms with Crippen LogP contribution >= 0.6 is 35.0 Å². The van der Waals surface area contributed by atoms with Crippen molar-refractivity contribution in [2.75, 3.05) is 11.5 Å². The number of nitrogens with zero attached hydrogens (tertiary/aromatic N) is 4. The highest BCUT2D eigenvalue weighted by Gasteiger charge is 2.19. The standard InChI is InChI=1S/C12H14Cl2N4O2S2/c1-8(2)18-12(15-16-17-18)21-5-6-22(19,20)11-7-9(13)3-4-10(11)14/h3-4,7-8H,5-6H2,1-2H3. The van der Waals surface area contributed by atoms with Gasteiger partial charge in [-0.15, -0.1) is 5.10 Å². The lowest BCUT2D eigenvalue weighted by Crippen LogP contribution is -2.11. The van der Waals surface area contributed by atoms with E-state index in [9.17, 15) is 8.42 Å². The van der Waals surface area contributed by atoms with Gasteiger partial charge >= 0.3 is 0 Å². The van der Waals surface area contributed by atoms with Crippen LogP contribution in [0.2, 0.25) is 10.0 Å². The van der Waals surface area contributed by atoms with Crippen molar-refractivity contribution in [3.05, 3.63) is 28.2 Å². The Bertz CT molecular complexity index is 762. The molecule has 1 aromatic carbocycles. The lowest BCUT2D eigenvalue weighted by Gasteiger charge is -2.08. The van der Waals surface area contributed by atoms with E-state index in [1.54, 1.807) is 10.7 Å². The van der Waals surface area contributed by atoms with E-state index < -0.39 is 9.84 Å². The summed E-state index contributed by atoms with van der Waals surface area (Å²) in [5, 5.41) is 12.4. The first-order valence-corrected chi connectivity index (χ1v) is 9.79. The first-order valence-electron chi connectivity index (χ1n) is 6.40. The highest BCUT2D eigenvalue weighted by Crippen LogP contribution is 2.27. The molecule has 22 heavy (non-hydrogen) atoms. The lowest BCUT2D eigenvalue weighted by atomic mass is 10.4. The maximum atomic E-state index is 12.3. The van der Waals surface area contributed by atoms with E-state index >= 15 is 0 Å². The first-order chi connectivity index (χ1) is 10.3. The molecule has 0 atom stereocenters. The van der Waals surface area contributed by atoms with Crippen LogP contribution in [0.3, 0.4) is 0 Å². The molecule has 0 amide bonds. The fourth-order valence-corrected chi connectivity index (χ4v) is 5.14. The second-order valence-corrected chi connectivity index (χ2v) is 8.73. The molecule has 0 bridgehead atoms. The summed E-state index contributed by atoms with van der Waals surface area (Å²) in [6.07, 6.45) is 0. The average Bonchev–Trinajstić information content (AvgIpc) is 2.90. The summed E-state index contributed by atoms with van der Waals surface area (Å²) in [6, 6.07) is 4.50. The minimum atomic E-state index is -3.51. The quantitative estimate of drug-likeness (QED) is 0.716. The molecule has 0 saturated carbocycles. The van der Waals surface area contributed by atoms with Gasteiger partial charge in [-0.2, -0.15) is 0 Å². The number of benzene rings is 1. The number of hydrogen-bond acceptors (Lipinski definition) is 6. The summed E-state index contributed by atoms with van der Waals surface area (Å²) < 4.78 is 26.3. The van der Waals surface area contributed by atoms with Crippen molar-refractivity contribution in [1.82, 2.24) is 20.2 Å². The van der Waals surface area contributed by atoms with E-state index in [2.05, 4.69) is 15.5 Å². The average molecular weight is 381 g/mol. The SMILES string of the molecule is CC(C)n1nnnc1SCCS(=O)(=O)c1cc(Cl)ccc1Cl. The zero-order valence-corrected chi connectivity index (χ0v) is 15.0. The molecular formula is C12H14Cl2N4O2S2. The van der Waals surface area contributed by atoms with Gasteiger partial charge in [0, 0.05) is 10.8 Å². The molecule has 0 saturated heterocycles. The second kappa shape index (κ2) is 7.16. The number of rotatable bonds is 6. The number of sulfone groups is 1. The van der Waals surface area contributed by atoms with Gasteiger partial charge in [0.15, 0.2) is 9.84 Å². The third kappa shape index (κ3) is 4.13. The molecule has 0 N–H and O–H groups in total. The van der Waals surface area contributed by atoms with E-state index in [0.29, 0.717) is 15.9 Å². The van der Waals surface area contributed by atoms with Crippen LogP contribution in [0.25, 0.3) is 0 Å². The smallest absolute Gasteiger partial charge is 0.209 e. The molecule has 0 aliphatic rings. The number of aromatic nitrogens is 4. The van der Waals surface area contributed by atoms with Gasteiger partial charge in [0.05, 0.1) is 21.7 Å². The number of tetrazole rings is 1. The molecule has 1 aromatic heterocycles. The Morgan fingerprint density at radius 2 is 2.05 bits per heavy atom. The number of halogens is 2. The Hall–Kier alpha value is -0.830. The normalized spacial score (nSPS) is 12.0. The van der Waals surface area contributed by atoms with E-state index in [-0.39, 0.29) is 21.7 Å². The number of thioether (sulfide) groups is 1. The third-order valence-electron chi connectivity index (χ3n) is 2.76. The Kier molecular flexibility index (Phi) is 5.70. The summed E-state index contributed by atoms with van der Waals surface area (Å²) in [6.45, 7) is 3.89. The zero-order chi connectivity index (χ0) is 16.3. The van der Waals surface area contributed by atoms with Crippen LogP contribution in [0.1, 0.15) is 19.9 Å². The molecule has 0 fully saturated rings. The van der Waals surface area contributed by atoms with E-state index in [1.165, 1.54) is 23.9 Å². The van der Waals surface area contributed by atoms with Gasteiger partial charge < -0.3 is 0 Å². The van der Waals surface area contributed by atoms with Crippen molar-refractivity contribution in [2.45, 2.75) is 29.9 Å². The minimum absolute atomic E-state index is 0.0470. The van der Waals surface area contributed by atoms with Crippen molar-refractivity contribution in [2.24, 2.45) is 0 Å². The van der Waals surface area contributed by atoms with Gasteiger partial charge in [0.25, 0.3) is 0 Å². The lowest BCUT2D eigenvalue weighted by molar-refractivity contribution is 0.477. The third-order valence-corrected chi connectivity index (χ3v) is 6.38. The van der Waals surface area contributed by atoms with Crippen LogP contribution in [-0.4, -0.2) is 40.1 Å². The molecule has 120 valence electrons. The van der Waals surface area contributed by atoms with E-state index in [1.807, 2.05) is 13.8 Å². The molecule has 0 unspecified atom stereocenters. The van der Waals surface area contributed by atoms with Crippen LogP contribution in [0.15, 0.2) is 28.3 Å². The molecular weight excluding hydrogens is 367 g/mol. The summed E-state index contributed by atoms with van der Waals surface area (Å²) in [4.78, 5) is 0.0470. The Morgan fingerprint density at radius 3 is 2.73 bits per heavy atom. The first kappa shape index (κ1) is 17.5. The molecule has 6 nitrogen and oxygen atoms in total.